The number of aliphatic hydroxyl groups excluding tert-OH is 1. The summed E-state index contributed by atoms with van der Waals surface area (Å²) in [6.07, 6.45) is 3.38. The number of aromatic nitrogens is 1. The molecule has 39 heavy (non-hydrogen) atoms. The lowest BCUT2D eigenvalue weighted by molar-refractivity contribution is -0.122. The highest BCUT2D eigenvalue weighted by atomic mass is 16.5. The number of anilines is 1. The second-order valence-electron chi connectivity index (χ2n) is 11.1. The van der Waals surface area contributed by atoms with E-state index in [0.29, 0.717) is 49.3 Å². The van der Waals surface area contributed by atoms with Crippen molar-refractivity contribution in [2.24, 2.45) is 29.4 Å². The molecule has 0 aliphatic carbocycles. The Morgan fingerprint density at radius 1 is 1.05 bits per heavy atom. The van der Waals surface area contributed by atoms with Crippen LogP contribution >= 0.6 is 0 Å². The number of rotatable bonds is 17. The first-order valence-corrected chi connectivity index (χ1v) is 14.0. The summed E-state index contributed by atoms with van der Waals surface area (Å²) in [5.41, 5.74) is 8.58. The standard InChI is InChI=1S/C31H49N3O5/c1-20(2)24(16-23-11-12-28(38-7)29(17-23)39-15-9-14-37-6)18-26(32)27(35)19-25(21(3)4)31(36)34-30-22(5)10-8-13-33-30/h8,10-13,17,20-21,24-27,35H,9,14-16,18-19,32H2,1-7H3,(H,33,34,36)/t24-,25-,26-,27-/m0/s1. The van der Waals surface area contributed by atoms with E-state index >= 15 is 0 Å². The molecule has 0 saturated heterocycles. The second kappa shape index (κ2) is 16.4. The van der Waals surface area contributed by atoms with Crippen LogP contribution in [0.1, 0.15) is 58.1 Å². The molecule has 4 atom stereocenters. The molecule has 1 aromatic heterocycles. The van der Waals surface area contributed by atoms with Crippen molar-refractivity contribution in [3.05, 3.63) is 47.7 Å². The number of carbonyl (C=O) groups is 1. The third-order valence-corrected chi connectivity index (χ3v) is 7.38. The maximum Gasteiger partial charge on any atom is 0.229 e. The van der Waals surface area contributed by atoms with Crippen molar-refractivity contribution in [3.63, 3.8) is 0 Å². The molecular weight excluding hydrogens is 494 g/mol. The zero-order valence-electron chi connectivity index (χ0n) is 24.8. The second-order valence-corrected chi connectivity index (χ2v) is 11.1. The molecule has 8 nitrogen and oxygen atoms in total. The van der Waals surface area contributed by atoms with E-state index in [9.17, 15) is 9.90 Å². The van der Waals surface area contributed by atoms with E-state index in [1.807, 2.05) is 45.0 Å². The third-order valence-electron chi connectivity index (χ3n) is 7.38. The predicted octanol–water partition coefficient (Wildman–Crippen LogP) is 5.01. The van der Waals surface area contributed by atoms with Crippen molar-refractivity contribution in [2.75, 3.05) is 32.8 Å². The number of hydrogen-bond acceptors (Lipinski definition) is 7. The Balaban J connectivity index is 2.05. The molecular formula is C31H49N3O5. The summed E-state index contributed by atoms with van der Waals surface area (Å²) < 4.78 is 16.5. The van der Waals surface area contributed by atoms with Crippen LogP contribution in [0.5, 0.6) is 11.5 Å². The van der Waals surface area contributed by atoms with Crippen LogP contribution in [0.15, 0.2) is 36.5 Å². The number of aliphatic hydroxyl groups is 1. The van der Waals surface area contributed by atoms with Crippen LogP contribution < -0.4 is 20.5 Å². The Morgan fingerprint density at radius 2 is 1.79 bits per heavy atom. The number of ether oxygens (including phenoxy) is 3. The first kappa shape index (κ1) is 32.5. The van der Waals surface area contributed by atoms with Crippen LogP contribution in [0.2, 0.25) is 0 Å². The summed E-state index contributed by atoms with van der Waals surface area (Å²) in [7, 11) is 3.31. The monoisotopic (exact) mass is 543 g/mol. The molecule has 0 bridgehead atoms. The molecule has 1 amide bonds. The van der Waals surface area contributed by atoms with Gasteiger partial charge in [-0.25, -0.2) is 4.98 Å². The highest BCUT2D eigenvalue weighted by molar-refractivity contribution is 5.92. The van der Waals surface area contributed by atoms with Crippen LogP contribution in [-0.2, 0) is 16.0 Å². The Hall–Kier alpha value is -2.68. The molecule has 2 rings (SSSR count). The van der Waals surface area contributed by atoms with Gasteiger partial charge in [0.2, 0.25) is 5.91 Å². The van der Waals surface area contributed by atoms with Crippen molar-refractivity contribution in [3.8, 4) is 11.5 Å². The van der Waals surface area contributed by atoms with Gasteiger partial charge in [-0.3, -0.25) is 4.79 Å². The Bertz CT molecular complexity index is 1010. The number of amides is 1. The fourth-order valence-corrected chi connectivity index (χ4v) is 4.69. The van der Waals surface area contributed by atoms with Crippen LogP contribution in [-0.4, -0.2) is 55.6 Å². The number of nitrogens with two attached hydrogens (primary N) is 1. The number of nitrogens with one attached hydrogen (secondary N) is 1. The molecule has 0 fully saturated rings. The number of benzene rings is 1. The lowest BCUT2D eigenvalue weighted by Crippen LogP contribution is -2.41. The van der Waals surface area contributed by atoms with Gasteiger partial charge in [0.1, 0.15) is 5.82 Å². The molecule has 218 valence electrons. The van der Waals surface area contributed by atoms with Crippen molar-refractivity contribution in [1.82, 2.24) is 4.98 Å². The largest absolute Gasteiger partial charge is 0.493 e. The molecule has 0 spiro atoms. The highest BCUT2D eigenvalue weighted by Crippen LogP contribution is 2.32. The van der Waals surface area contributed by atoms with E-state index in [1.54, 1.807) is 20.4 Å². The smallest absolute Gasteiger partial charge is 0.229 e. The third kappa shape index (κ3) is 10.4. The topological polar surface area (TPSA) is 116 Å². The van der Waals surface area contributed by atoms with E-state index in [1.165, 1.54) is 0 Å². The first-order valence-electron chi connectivity index (χ1n) is 14.0. The minimum atomic E-state index is -0.801. The van der Waals surface area contributed by atoms with Gasteiger partial charge in [-0.05, 0) is 73.3 Å². The van der Waals surface area contributed by atoms with E-state index in [2.05, 4.69) is 30.2 Å². The van der Waals surface area contributed by atoms with Gasteiger partial charge in [-0.15, -0.1) is 0 Å². The van der Waals surface area contributed by atoms with Gasteiger partial charge >= 0.3 is 0 Å². The van der Waals surface area contributed by atoms with Gasteiger partial charge in [-0.1, -0.05) is 39.8 Å². The summed E-state index contributed by atoms with van der Waals surface area (Å²) >= 11 is 0. The van der Waals surface area contributed by atoms with E-state index < -0.39 is 12.1 Å². The molecule has 2 aromatic rings. The van der Waals surface area contributed by atoms with Crippen molar-refractivity contribution in [1.29, 1.82) is 0 Å². The number of nitrogens with zero attached hydrogens (tertiary/aromatic N) is 1. The number of methoxy groups -OCH3 is 2. The van der Waals surface area contributed by atoms with Crippen molar-refractivity contribution >= 4 is 11.7 Å². The summed E-state index contributed by atoms with van der Waals surface area (Å²) in [6.45, 7) is 11.4. The minimum absolute atomic E-state index is 0.0402. The molecule has 1 aromatic carbocycles. The van der Waals surface area contributed by atoms with Crippen LogP contribution in [0.25, 0.3) is 0 Å². The van der Waals surface area contributed by atoms with E-state index in [0.717, 1.165) is 24.0 Å². The van der Waals surface area contributed by atoms with Crippen LogP contribution in [0.4, 0.5) is 5.82 Å². The van der Waals surface area contributed by atoms with Gasteiger partial charge in [-0.2, -0.15) is 0 Å². The first-order chi connectivity index (χ1) is 18.6. The SMILES string of the molecule is COCCCOc1cc(C[C@@H](C[C@H](N)[C@@H](O)C[C@H](C(=O)Nc2ncccc2C)C(C)C)C(C)C)ccc1OC. The Morgan fingerprint density at radius 3 is 2.41 bits per heavy atom. The zero-order valence-corrected chi connectivity index (χ0v) is 24.8. The quantitative estimate of drug-likeness (QED) is 0.240. The number of pyridine rings is 1. The van der Waals surface area contributed by atoms with Gasteiger partial charge < -0.3 is 30.4 Å². The molecule has 4 N–H and O–H groups in total. The lowest BCUT2D eigenvalue weighted by Gasteiger charge is -2.30. The molecule has 8 heteroatoms. The van der Waals surface area contributed by atoms with Crippen LogP contribution in [0, 0.1) is 30.6 Å². The predicted molar refractivity (Wildman–Crippen MR) is 156 cm³/mol. The molecule has 1 heterocycles. The van der Waals surface area contributed by atoms with E-state index in [-0.39, 0.29) is 23.7 Å². The number of hydrogen-bond donors (Lipinski definition) is 3. The molecule has 0 unspecified atom stereocenters. The maximum atomic E-state index is 13.1. The minimum Gasteiger partial charge on any atom is -0.493 e. The van der Waals surface area contributed by atoms with Gasteiger partial charge in [0.05, 0.1) is 19.8 Å². The molecule has 0 saturated carbocycles. The van der Waals surface area contributed by atoms with Gasteiger partial charge in [0, 0.05) is 38.3 Å². The van der Waals surface area contributed by atoms with Gasteiger partial charge in [0.25, 0.3) is 0 Å². The van der Waals surface area contributed by atoms with E-state index in [4.69, 9.17) is 19.9 Å². The fourth-order valence-electron chi connectivity index (χ4n) is 4.69. The Kier molecular flexibility index (Phi) is 13.7. The lowest BCUT2D eigenvalue weighted by atomic mass is 9.81. The van der Waals surface area contributed by atoms with Crippen molar-refractivity contribution < 1.29 is 24.1 Å². The molecule has 0 radical (unpaired) electrons. The summed E-state index contributed by atoms with van der Waals surface area (Å²) in [6, 6.07) is 9.30. The fraction of sp³-hybridized carbons (Fsp3) is 0.613. The summed E-state index contributed by atoms with van der Waals surface area (Å²) in [5, 5.41) is 14.0. The maximum absolute atomic E-state index is 13.1. The average molecular weight is 544 g/mol. The summed E-state index contributed by atoms with van der Waals surface area (Å²) in [4.78, 5) is 17.4. The number of carbonyl (C=O) groups excluding carboxylic acids is 1. The highest BCUT2D eigenvalue weighted by Gasteiger charge is 2.30. The number of aryl methyl sites for hydroxylation is 1. The van der Waals surface area contributed by atoms with Gasteiger partial charge in [0.15, 0.2) is 11.5 Å². The zero-order chi connectivity index (χ0) is 28.9. The molecule has 0 aliphatic heterocycles. The average Bonchev–Trinajstić information content (AvgIpc) is 2.90. The van der Waals surface area contributed by atoms with Crippen LogP contribution in [0.3, 0.4) is 0 Å². The van der Waals surface area contributed by atoms with Crippen molar-refractivity contribution in [2.45, 2.75) is 72.4 Å². The molecule has 0 aliphatic rings. The normalized spacial score (nSPS) is 14.6. The summed E-state index contributed by atoms with van der Waals surface area (Å²) in [5.74, 6) is 2.07. The Labute approximate surface area is 234 Å².